The molecule has 1 heterocycles. The summed E-state index contributed by atoms with van der Waals surface area (Å²) in [5, 5.41) is 4.05. The van der Waals surface area contributed by atoms with E-state index < -0.39 is 0 Å². The summed E-state index contributed by atoms with van der Waals surface area (Å²) in [6.45, 7) is 1.76. The number of hydrogen-bond acceptors (Lipinski definition) is 2. The smallest absolute Gasteiger partial charge is 0.163 e. The standard InChI is InChI=1S/C14H13FOS/c1-10-8-12(15)3-4-13(10)14(16)5-2-11-6-7-17-9-11/h3-4,6-9H,2,5H2,1H3. The lowest BCUT2D eigenvalue weighted by molar-refractivity contribution is 0.0982. The van der Waals surface area contributed by atoms with Gasteiger partial charge in [-0.05, 0) is 59.5 Å². The van der Waals surface area contributed by atoms with Crippen molar-refractivity contribution in [2.75, 3.05) is 0 Å². The summed E-state index contributed by atoms with van der Waals surface area (Å²) in [6.07, 6.45) is 1.22. The fourth-order valence-corrected chi connectivity index (χ4v) is 2.47. The van der Waals surface area contributed by atoms with E-state index in [-0.39, 0.29) is 11.6 Å². The van der Waals surface area contributed by atoms with Gasteiger partial charge < -0.3 is 0 Å². The third-order valence-electron chi connectivity index (χ3n) is 2.71. The van der Waals surface area contributed by atoms with Crippen molar-refractivity contribution in [3.8, 4) is 0 Å². The topological polar surface area (TPSA) is 17.1 Å². The van der Waals surface area contributed by atoms with Crippen LogP contribution in [0, 0.1) is 12.7 Å². The number of benzene rings is 1. The first kappa shape index (κ1) is 12.0. The summed E-state index contributed by atoms with van der Waals surface area (Å²) in [6, 6.07) is 6.33. The Morgan fingerprint density at radius 3 is 2.82 bits per heavy atom. The van der Waals surface area contributed by atoms with E-state index in [1.807, 2.05) is 16.8 Å². The lowest BCUT2D eigenvalue weighted by Gasteiger charge is -2.04. The van der Waals surface area contributed by atoms with Gasteiger partial charge in [0.05, 0.1) is 0 Å². The number of ketones is 1. The Labute approximate surface area is 104 Å². The van der Waals surface area contributed by atoms with Crippen LogP contribution in [0.5, 0.6) is 0 Å². The third-order valence-corrected chi connectivity index (χ3v) is 3.44. The van der Waals surface area contributed by atoms with Crippen molar-refractivity contribution >= 4 is 17.1 Å². The molecule has 3 heteroatoms. The summed E-state index contributed by atoms with van der Waals surface area (Å²) < 4.78 is 12.9. The van der Waals surface area contributed by atoms with Gasteiger partial charge in [0.15, 0.2) is 5.78 Å². The molecule has 1 aromatic carbocycles. The predicted molar refractivity (Wildman–Crippen MR) is 68.1 cm³/mol. The van der Waals surface area contributed by atoms with Gasteiger partial charge in [0.2, 0.25) is 0 Å². The number of aryl methyl sites for hydroxylation is 2. The second kappa shape index (κ2) is 5.23. The molecule has 0 radical (unpaired) electrons. The van der Waals surface area contributed by atoms with Crippen molar-refractivity contribution in [3.63, 3.8) is 0 Å². The molecule has 1 nitrogen and oxygen atoms in total. The Morgan fingerprint density at radius 2 is 2.18 bits per heavy atom. The summed E-state index contributed by atoms with van der Waals surface area (Å²) in [5.41, 5.74) is 2.52. The van der Waals surface area contributed by atoms with E-state index in [1.54, 1.807) is 24.3 Å². The number of carbonyl (C=O) groups is 1. The summed E-state index contributed by atoms with van der Waals surface area (Å²) >= 11 is 1.63. The predicted octanol–water partition coefficient (Wildman–Crippen LogP) is 4.01. The highest BCUT2D eigenvalue weighted by atomic mass is 32.1. The van der Waals surface area contributed by atoms with Crippen LogP contribution < -0.4 is 0 Å². The van der Waals surface area contributed by atoms with E-state index in [9.17, 15) is 9.18 Å². The van der Waals surface area contributed by atoms with Crippen molar-refractivity contribution in [2.24, 2.45) is 0 Å². The first-order chi connectivity index (χ1) is 8.16. The average Bonchev–Trinajstić information content (AvgIpc) is 2.78. The Balaban J connectivity index is 2.04. The van der Waals surface area contributed by atoms with Crippen LogP contribution in [-0.2, 0) is 6.42 Å². The zero-order valence-electron chi connectivity index (χ0n) is 9.57. The van der Waals surface area contributed by atoms with E-state index in [0.717, 1.165) is 6.42 Å². The van der Waals surface area contributed by atoms with Crippen LogP contribution in [0.3, 0.4) is 0 Å². The molecule has 2 rings (SSSR count). The van der Waals surface area contributed by atoms with E-state index in [4.69, 9.17) is 0 Å². The van der Waals surface area contributed by atoms with Gasteiger partial charge in [0.25, 0.3) is 0 Å². The number of hydrogen-bond donors (Lipinski definition) is 0. The molecule has 2 aromatic rings. The normalized spacial score (nSPS) is 10.5. The second-order valence-electron chi connectivity index (χ2n) is 4.01. The van der Waals surface area contributed by atoms with Gasteiger partial charge in [0.1, 0.15) is 5.82 Å². The molecule has 0 aliphatic carbocycles. The van der Waals surface area contributed by atoms with E-state index >= 15 is 0 Å². The first-order valence-corrected chi connectivity index (χ1v) is 6.41. The fraction of sp³-hybridized carbons (Fsp3) is 0.214. The number of carbonyl (C=O) groups excluding carboxylic acids is 1. The summed E-state index contributed by atoms with van der Waals surface area (Å²) in [5.74, 6) is -0.217. The monoisotopic (exact) mass is 248 g/mol. The van der Waals surface area contributed by atoms with Gasteiger partial charge in [0, 0.05) is 12.0 Å². The minimum absolute atomic E-state index is 0.0775. The van der Waals surface area contributed by atoms with Crippen LogP contribution in [-0.4, -0.2) is 5.78 Å². The minimum Gasteiger partial charge on any atom is -0.294 e. The van der Waals surface area contributed by atoms with Crippen LogP contribution in [0.1, 0.15) is 27.9 Å². The van der Waals surface area contributed by atoms with E-state index in [0.29, 0.717) is 17.5 Å². The molecule has 0 aliphatic rings. The highest BCUT2D eigenvalue weighted by molar-refractivity contribution is 7.07. The van der Waals surface area contributed by atoms with Crippen LogP contribution >= 0.6 is 11.3 Å². The Bertz CT molecular complexity index is 517. The molecular weight excluding hydrogens is 235 g/mol. The highest BCUT2D eigenvalue weighted by Gasteiger charge is 2.09. The molecule has 0 saturated heterocycles. The number of rotatable bonds is 4. The van der Waals surface area contributed by atoms with Crippen LogP contribution in [0.25, 0.3) is 0 Å². The lowest BCUT2D eigenvalue weighted by Crippen LogP contribution is -2.03. The highest BCUT2D eigenvalue weighted by Crippen LogP contribution is 2.15. The fourth-order valence-electron chi connectivity index (χ4n) is 1.77. The molecule has 88 valence electrons. The van der Waals surface area contributed by atoms with Gasteiger partial charge in [-0.1, -0.05) is 0 Å². The molecule has 0 aliphatic heterocycles. The van der Waals surface area contributed by atoms with Gasteiger partial charge in [-0.2, -0.15) is 11.3 Å². The van der Waals surface area contributed by atoms with E-state index in [1.165, 1.54) is 17.7 Å². The van der Waals surface area contributed by atoms with Crippen molar-refractivity contribution in [2.45, 2.75) is 19.8 Å². The maximum Gasteiger partial charge on any atom is 0.163 e. The molecule has 1 aromatic heterocycles. The zero-order valence-corrected chi connectivity index (χ0v) is 10.4. The van der Waals surface area contributed by atoms with Crippen LogP contribution in [0.4, 0.5) is 4.39 Å². The van der Waals surface area contributed by atoms with Gasteiger partial charge in [-0.3, -0.25) is 4.79 Å². The summed E-state index contributed by atoms with van der Waals surface area (Å²) in [4.78, 5) is 12.0. The van der Waals surface area contributed by atoms with Crippen LogP contribution in [0.15, 0.2) is 35.0 Å². The van der Waals surface area contributed by atoms with Crippen molar-refractivity contribution in [1.82, 2.24) is 0 Å². The molecule has 17 heavy (non-hydrogen) atoms. The molecule has 0 N–H and O–H groups in total. The number of Topliss-reactive ketones (excluding diaryl/α,β-unsaturated/α-hetero) is 1. The maximum absolute atomic E-state index is 12.9. The van der Waals surface area contributed by atoms with Crippen molar-refractivity contribution in [3.05, 3.63) is 57.5 Å². The number of thiophene rings is 1. The molecular formula is C14H13FOS. The molecule has 0 amide bonds. The van der Waals surface area contributed by atoms with Crippen molar-refractivity contribution in [1.29, 1.82) is 0 Å². The van der Waals surface area contributed by atoms with Gasteiger partial charge >= 0.3 is 0 Å². The van der Waals surface area contributed by atoms with Gasteiger partial charge in [-0.15, -0.1) is 0 Å². The molecule has 0 bridgehead atoms. The SMILES string of the molecule is Cc1cc(F)ccc1C(=O)CCc1ccsc1. The third kappa shape index (κ3) is 3.01. The number of halogens is 1. The molecule has 0 spiro atoms. The quantitative estimate of drug-likeness (QED) is 0.747. The largest absolute Gasteiger partial charge is 0.294 e. The van der Waals surface area contributed by atoms with Crippen molar-refractivity contribution < 1.29 is 9.18 Å². The summed E-state index contributed by atoms with van der Waals surface area (Å²) in [7, 11) is 0. The van der Waals surface area contributed by atoms with Gasteiger partial charge in [-0.25, -0.2) is 4.39 Å². The molecule has 0 fully saturated rings. The molecule has 0 saturated carbocycles. The lowest BCUT2D eigenvalue weighted by atomic mass is 10.0. The average molecular weight is 248 g/mol. The Hall–Kier alpha value is -1.48. The Morgan fingerprint density at radius 1 is 1.35 bits per heavy atom. The Kier molecular flexibility index (Phi) is 3.69. The molecule has 0 atom stereocenters. The van der Waals surface area contributed by atoms with E-state index in [2.05, 4.69) is 0 Å². The second-order valence-corrected chi connectivity index (χ2v) is 4.79. The van der Waals surface area contributed by atoms with Crippen LogP contribution in [0.2, 0.25) is 0 Å². The minimum atomic E-state index is -0.295. The molecule has 0 unspecified atom stereocenters. The zero-order chi connectivity index (χ0) is 12.3. The maximum atomic E-state index is 12.9. The first-order valence-electron chi connectivity index (χ1n) is 5.47.